The van der Waals surface area contributed by atoms with Gasteiger partial charge in [-0.05, 0) is 30.7 Å². The van der Waals surface area contributed by atoms with Crippen LogP contribution in [0.15, 0.2) is 48.3 Å². The molecule has 1 unspecified atom stereocenters. The molecule has 0 saturated heterocycles. The third-order valence-corrected chi connectivity index (χ3v) is 2.63. The first-order valence-corrected chi connectivity index (χ1v) is 5.44. The normalized spacial score (nSPS) is 19.5. The highest BCUT2D eigenvalue weighted by molar-refractivity contribution is 5.52. The molecule has 0 fully saturated rings. The van der Waals surface area contributed by atoms with Crippen molar-refractivity contribution in [2.75, 3.05) is 5.73 Å². The maximum Gasteiger partial charge on any atom is 0.395 e. The number of rotatable bonds is 2. The quantitative estimate of drug-likeness (QED) is 0.818. The third-order valence-electron chi connectivity index (χ3n) is 2.63. The topological polar surface area (TPSA) is 35.2 Å². The number of ether oxygens (including phenoxy) is 1. The van der Waals surface area contributed by atoms with Gasteiger partial charge in [0.2, 0.25) is 0 Å². The number of para-hydroxylation sites is 2. The molecule has 0 aliphatic heterocycles. The molecule has 0 radical (unpaired) electrons. The molecule has 2 N–H and O–H groups in total. The fourth-order valence-corrected chi connectivity index (χ4v) is 1.62. The summed E-state index contributed by atoms with van der Waals surface area (Å²) in [5.41, 5.74) is 6.13. The van der Waals surface area contributed by atoms with Crippen molar-refractivity contribution >= 4 is 5.69 Å². The van der Waals surface area contributed by atoms with Crippen LogP contribution in [-0.2, 0) is 0 Å². The van der Waals surface area contributed by atoms with Crippen molar-refractivity contribution in [1.82, 2.24) is 0 Å². The Hall–Kier alpha value is -1.91. The molecule has 0 amide bonds. The molecule has 1 aromatic rings. The smallest absolute Gasteiger partial charge is 0.395 e. The number of benzene rings is 1. The van der Waals surface area contributed by atoms with Gasteiger partial charge in [-0.25, -0.2) is 0 Å². The van der Waals surface area contributed by atoms with Crippen LogP contribution in [0.1, 0.15) is 6.42 Å². The molecular weight excluding hydrogens is 243 g/mol. The number of anilines is 1. The summed E-state index contributed by atoms with van der Waals surface area (Å²) in [5, 5.41) is 0. The van der Waals surface area contributed by atoms with Crippen LogP contribution in [0.5, 0.6) is 5.75 Å². The number of hydrogen-bond acceptors (Lipinski definition) is 2. The largest absolute Gasteiger partial charge is 0.456 e. The summed E-state index contributed by atoms with van der Waals surface area (Å²) in [6, 6.07) is 6.84. The second kappa shape index (κ2) is 4.76. The third kappa shape index (κ3) is 2.85. The minimum absolute atomic E-state index is 0.109. The molecule has 0 saturated carbocycles. The van der Waals surface area contributed by atoms with E-state index in [4.69, 9.17) is 10.5 Å². The standard InChI is InChI=1S/C13H12F3NO/c14-13(15,16)9-5-7-10(8-6-9)18-12-4-2-1-3-11(12)17/h1-5,7-9H,6,17H2. The predicted molar refractivity (Wildman–Crippen MR) is 62.9 cm³/mol. The SMILES string of the molecule is Nc1ccccc1OC1=CCC(C(F)(F)F)C=C1. The average Bonchev–Trinajstić information content (AvgIpc) is 2.32. The lowest BCUT2D eigenvalue weighted by atomic mass is 10.00. The lowest BCUT2D eigenvalue weighted by Gasteiger charge is -2.19. The summed E-state index contributed by atoms with van der Waals surface area (Å²) in [6.45, 7) is 0. The zero-order valence-electron chi connectivity index (χ0n) is 9.45. The molecule has 96 valence electrons. The molecular formula is C13H12F3NO. The number of hydrogen-bond donors (Lipinski definition) is 1. The number of alkyl halides is 3. The van der Waals surface area contributed by atoms with E-state index in [2.05, 4.69) is 0 Å². The van der Waals surface area contributed by atoms with Gasteiger partial charge in [-0.1, -0.05) is 18.2 Å². The molecule has 5 heteroatoms. The monoisotopic (exact) mass is 255 g/mol. The first kappa shape index (κ1) is 12.5. The molecule has 0 spiro atoms. The van der Waals surface area contributed by atoms with Gasteiger partial charge in [0.25, 0.3) is 0 Å². The van der Waals surface area contributed by atoms with E-state index in [1.165, 1.54) is 12.2 Å². The van der Waals surface area contributed by atoms with Crippen LogP contribution in [0.3, 0.4) is 0 Å². The summed E-state index contributed by atoms with van der Waals surface area (Å²) in [4.78, 5) is 0. The van der Waals surface area contributed by atoms with Crippen molar-refractivity contribution in [3.63, 3.8) is 0 Å². The molecule has 1 aromatic carbocycles. The summed E-state index contributed by atoms with van der Waals surface area (Å²) in [6.07, 6.45) is -0.459. The lowest BCUT2D eigenvalue weighted by Crippen LogP contribution is -2.22. The molecule has 1 atom stereocenters. The fraction of sp³-hybridized carbons (Fsp3) is 0.231. The molecule has 1 aliphatic rings. The first-order chi connectivity index (χ1) is 8.47. The summed E-state index contributed by atoms with van der Waals surface area (Å²) in [7, 11) is 0. The van der Waals surface area contributed by atoms with Gasteiger partial charge in [0.1, 0.15) is 11.5 Å². The number of nitrogens with two attached hydrogens (primary N) is 1. The van der Waals surface area contributed by atoms with Gasteiger partial charge in [-0.15, -0.1) is 0 Å². The molecule has 0 bridgehead atoms. The Morgan fingerprint density at radius 2 is 1.94 bits per heavy atom. The second-order valence-electron chi connectivity index (χ2n) is 3.99. The molecule has 0 heterocycles. The summed E-state index contributed by atoms with van der Waals surface area (Å²) < 4.78 is 42.7. The highest BCUT2D eigenvalue weighted by Crippen LogP contribution is 2.34. The minimum atomic E-state index is -4.20. The average molecular weight is 255 g/mol. The van der Waals surface area contributed by atoms with Gasteiger partial charge >= 0.3 is 6.18 Å². The van der Waals surface area contributed by atoms with Crippen LogP contribution in [-0.4, -0.2) is 6.18 Å². The highest BCUT2D eigenvalue weighted by Gasteiger charge is 2.37. The van der Waals surface area contributed by atoms with E-state index in [9.17, 15) is 13.2 Å². The lowest BCUT2D eigenvalue weighted by molar-refractivity contribution is -0.160. The molecule has 1 aliphatic carbocycles. The van der Waals surface area contributed by atoms with Crippen molar-refractivity contribution in [3.05, 3.63) is 48.3 Å². The van der Waals surface area contributed by atoms with Crippen molar-refractivity contribution in [1.29, 1.82) is 0 Å². The Labute approximate surface area is 103 Å². The molecule has 2 rings (SSSR count). The van der Waals surface area contributed by atoms with Gasteiger partial charge < -0.3 is 10.5 Å². The van der Waals surface area contributed by atoms with Crippen LogP contribution in [0.2, 0.25) is 0 Å². The summed E-state index contributed by atoms with van der Waals surface area (Å²) >= 11 is 0. The maximum atomic E-state index is 12.4. The maximum absolute atomic E-state index is 12.4. The minimum Gasteiger partial charge on any atom is -0.456 e. The van der Waals surface area contributed by atoms with Crippen LogP contribution in [0, 0.1) is 5.92 Å². The molecule has 2 nitrogen and oxygen atoms in total. The Morgan fingerprint density at radius 3 is 2.50 bits per heavy atom. The van der Waals surface area contributed by atoms with E-state index >= 15 is 0 Å². The van der Waals surface area contributed by atoms with Crippen LogP contribution in [0.4, 0.5) is 18.9 Å². The van der Waals surface area contributed by atoms with Crippen molar-refractivity contribution in [2.24, 2.45) is 5.92 Å². The van der Waals surface area contributed by atoms with Crippen molar-refractivity contribution < 1.29 is 17.9 Å². The number of nitrogen functional groups attached to an aromatic ring is 1. The van der Waals surface area contributed by atoms with Gasteiger partial charge in [-0.3, -0.25) is 0 Å². The Balaban J connectivity index is 2.05. The Bertz CT molecular complexity index is 491. The van der Waals surface area contributed by atoms with E-state index < -0.39 is 12.1 Å². The zero-order valence-corrected chi connectivity index (χ0v) is 9.45. The first-order valence-electron chi connectivity index (χ1n) is 5.44. The molecule has 18 heavy (non-hydrogen) atoms. The predicted octanol–water partition coefficient (Wildman–Crippen LogP) is 3.67. The second-order valence-corrected chi connectivity index (χ2v) is 3.99. The van der Waals surface area contributed by atoms with E-state index in [1.807, 2.05) is 0 Å². The van der Waals surface area contributed by atoms with Gasteiger partial charge in [-0.2, -0.15) is 13.2 Å². The van der Waals surface area contributed by atoms with E-state index in [0.717, 1.165) is 6.08 Å². The number of halogens is 3. The van der Waals surface area contributed by atoms with Gasteiger partial charge in [0, 0.05) is 0 Å². The molecule has 0 aromatic heterocycles. The van der Waals surface area contributed by atoms with Crippen LogP contribution < -0.4 is 10.5 Å². The Morgan fingerprint density at radius 1 is 1.22 bits per heavy atom. The van der Waals surface area contributed by atoms with E-state index in [-0.39, 0.29) is 6.42 Å². The van der Waals surface area contributed by atoms with Crippen LogP contribution >= 0.6 is 0 Å². The van der Waals surface area contributed by atoms with Gasteiger partial charge in [0.05, 0.1) is 11.6 Å². The Kier molecular flexibility index (Phi) is 3.32. The summed E-state index contributed by atoms with van der Waals surface area (Å²) in [5.74, 6) is -0.606. The van der Waals surface area contributed by atoms with E-state index in [0.29, 0.717) is 17.2 Å². The highest BCUT2D eigenvalue weighted by atomic mass is 19.4. The van der Waals surface area contributed by atoms with Gasteiger partial charge in [0.15, 0.2) is 0 Å². The number of allylic oxidation sites excluding steroid dienone is 3. The zero-order chi connectivity index (χ0) is 13.2. The van der Waals surface area contributed by atoms with Crippen molar-refractivity contribution in [3.8, 4) is 5.75 Å². The van der Waals surface area contributed by atoms with Crippen molar-refractivity contribution in [2.45, 2.75) is 12.6 Å². The van der Waals surface area contributed by atoms with Crippen LogP contribution in [0.25, 0.3) is 0 Å². The van der Waals surface area contributed by atoms with E-state index in [1.54, 1.807) is 24.3 Å². The fourth-order valence-electron chi connectivity index (χ4n) is 1.62.